The lowest BCUT2D eigenvalue weighted by Gasteiger charge is -2.37. The molecule has 0 amide bonds. The zero-order valence-electron chi connectivity index (χ0n) is 13.8. The Bertz CT molecular complexity index is 572. The summed E-state index contributed by atoms with van der Waals surface area (Å²) >= 11 is 0. The lowest BCUT2D eigenvalue weighted by molar-refractivity contribution is 0.312. The second-order valence-electron chi connectivity index (χ2n) is 6.73. The van der Waals surface area contributed by atoms with E-state index in [0.717, 1.165) is 50.3 Å². The summed E-state index contributed by atoms with van der Waals surface area (Å²) in [5.74, 6) is 1.09. The van der Waals surface area contributed by atoms with E-state index in [0.29, 0.717) is 0 Å². The van der Waals surface area contributed by atoms with E-state index in [-0.39, 0.29) is 0 Å². The second kappa shape index (κ2) is 7.09. The van der Waals surface area contributed by atoms with Crippen LogP contribution in [-0.4, -0.2) is 23.7 Å². The summed E-state index contributed by atoms with van der Waals surface area (Å²) in [6.45, 7) is 2.19. The molecule has 0 aliphatic carbocycles. The third-order valence-electron chi connectivity index (χ3n) is 4.68. The molecule has 23 heavy (non-hydrogen) atoms. The summed E-state index contributed by atoms with van der Waals surface area (Å²) in [7, 11) is 0. The SMILES string of the molecule is NC1=CC(N)(CCCCc2ccccc2)NC(N2CCCC2)=C1. The molecule has 2 aliphatic heterocycles. The minimum atomic E-state index is -0.520. The number of rotatable bonds is 6. The van der Waals surface area contributed by atoms with Crippen LogP contribution in [0.15, 0.2) is 54.0 Å². The lowest BCUT2D eigenvalue weighted by atomic mass is 9.97. The van der Waals surface area contributed by atoms with E-state index in [2.05, 4.69) is 40.5 Å². The Morgan fingerprint density at radius 3 is 2.57 bits per heavy atom. The normalized spacial score (nSPS) is 24.1. The maximum absolute atomic E-state index is 6.55. The molecule has 0 radical (unpaired) electrons. The van der Waals surface area contributed by atoms with Crippen molar-refractivity contribution in [2.75, 3.05) is 13.1 Å². The molecule has 1 fully saturated rings. The van der Waals surface area contributed by atoms with Gasteiger partial charge in [-0.25, -0.2) is 0 Å². The molecule has 0 bridgehead atoms. The molecule has 0 spiro atoms. The van der Waals surface area contributed by atoms with Gasteiger partial charge in [-0.1, -0.05) is 30.3 Å². The highest BCUT2D eigenvalue weighted by atomic mass is 15.3. The fourth-order valence-corrected chi connectivity index (χ4v) is 3.46. The second-order valence-corrected chi connectivity index (χ2v) is 6.73. The van der Waals surface area contributed by atoms with Gasteiger partial charge in [0.25, 0.3) is 0 Å². The summed E-state index contributed by atoms with van der Waals surface area (Å²) in [4.78, 5) is 2.35. The first kappa shape index (κ1) is 15.9. The van der Waals surface area contributed by atoms with Crippen LogP contribution in [0.1, 0.15) is 37.7 Å². The molecular weight excluding hydrogens is 284 g/mol. The van der Waals surface area contributed by atoms with E-state index in [4.69, 9.17) is 11.5 Å². The molecule has 5 N–H and O–H groups in total. The van der Waals surface area contributed by atoms with Gasteiger partial charge < -0.3 is 21.7 Å². The molecule has 124 valence electrons. The molecule has 1 aromatic carbocycles. The predicted octanol–water partition coefficient (Wildman–Crippen LogP) is 2.44. The van der Waals surface area contributed by atoms with E-state index in [1.165, 1.54) is 18.4 Å². The van der Waals surface area contributed by atoms with E-state index in [1.54, 1.807) is 0 Å². The van der Waals surface area contributed by atoms with Crippen LogP contribution in [0, 0.1) is 0 Å². The third kappa shape index (κ3) is 4.29. The van der Waals surface area contributed by atoms with Crippen molar-refractivity contribution >= 4 is 0 Å². The zero-order chi connectivity index (χ0) is 16.1. The number of nitrogens with one attached hydrogen (secondary N) is 1. The number of unbranched alkanes of at least 4 members (excludes halogenated alkanes) is 1. The smallest absolute Gasteiger partial charge is 0.108 e. The summed E-state index contributed by atoms with van der Waals surface area (Å²) in [5, 5.41) is 3.51. The molecule has 1 atom stereocenters. The minimum Gasteiger partial charge on any atom is -0.399 e. The van der Waals surface area contributed by atoms with Crippen LogP contribution in [0.3, 0.4) is 0 Å². The van der Waals surface area contributed by atoms with Crippen molar-refractivity contribution in [3.8, 4) is 0 Å². The van der Waals surface area contributed by atoms with Gasteiger partial charge in [0.1, 0.15) is 11.5 Å². The van der Waals surface area contributed by atoms with Gasteiger partial charge in [0.05, 0.1) is 0 Å². The summed E-state index contributed by atoms with van der Waals surface area (Å²) < 4.78 is 0. The Kier molecular flexibility index (Phi) is 4.91. The van der Waals surface area contributed by atoms with Gasteiger partial charge in [-0.2, -0.15) is 0 Å². The Balaban J connectivity index is 1.51. The van der Waals surface area contributed by atoms with Crippen molar-refractivity contribution < 1.29 is 0 Å². The zero-order valence-corrected chi connectivity index (χ0v) is 13.8. The number of nitrogens with two attached hydrogens (primary N) is 2. The predicted molar refractivity (Wildman–Crippen MR) is 95.2 cm³/mol. The Morgan fingerprint density at radius 2 is 1.83 bits per heavy atom. The average Bonchev–Trinajstić information content (AvgIpc) is 3.06. The number of hydrogen-bond acceptors (Lipinski definition) is 4. The molecule has 4 heteroatoms. The first-order valence-electron chi connectivity index (χ1n) is 8.71. The van der Waals surface area contributed by atoms with Crippen molar-refractivity contribution in [3.63, 3.8) is 0 Å². The number of nitrogens with zero attached hydrogens (tertiary/aromatic N) is 1. The molecule has 2 heterocycles. The maximum Gasteiger partial charge on any atom is 0.108 e. The lowest BCUT2D eigenvalue weighted by Crippen LogP contribution is -2.55. The summed E-state index contributed by atoms with van der Waals surface area (Å²) in [6.07, 6.45) is 10.7. The Morgan fingerprint density at radius 1 is 1.09 bits per heavy atom. The Labute approximate surface area is 139 Å². The molecule has 1 aromatic rings. The highest BCUT2D eigenvalue weighted by Crippen LogP contribution is 2.23. The van der Waals surface area contributed by atoms with Crippen LogP contribution < -0.4 is 16.8 Å². The average molecular weight is 312 g/mol. The molecule has 0 saturated carbocycles. The monoisotopic (exact) mass is 312 g/mol. The largest absolute Gasteiger partial charge is 0.399 e. The van der Waals surface area contributed by atoms with Crippen LogP contribution in [-0.2, 0) is 6.42 Å². The van der Waals surface area contributed by atoms with Gasteiger partial charge in [-0.3, -0.25) is 0 Å². The van der Waals surface area contributed by atoms with E-state index in [9.17, 15) is 0 Å². The van der Waals surface area contributed by atoms with Crippen LogP contribution in [0.25, 0.3) is 0 Å². The van der Waals surface area contributed by atoms with Crippen molar-refractivity contribution in [1.29, 1.82) is 0 Å². The first-order valence-corrected chi connectivity index (χ1v) is 8.71. The maximum atomic E-state index is 6.55. The van der Waals surface area contributed by atoms with Crippen LogP contribution in [0.5, 0.6) is 0 Å². The topological polar surface area (TPSA) is 67.3 Å². The van der Waals surface area contributed by atoms with Gasteiger partial charge >= 0.3 is 0 Å². The van der Waals surface area contributed by atoms with E-state index < -0.39 is 5.66 Å². The fraction of sp³-hybridized carbons (Fsp3) is 0.474. The van der Waals surface area contributed by atoms with Crippen LogP contribution >= 0.6 is 0 Å². The van der Waals surface area contributed by atoms with Gasteiger partial charge in [-0.15, -0.1) is 0 Å². The number of benzene rings is 1. The molecule has 1 saturated heterocycles. The molecule has 3 rings (SSSR count). The standard InChI is InChI=1S/C19H28N4/c20-17-14-18(23-12-6-7-13-23)22-19(21,15-17)11-5-4-10-16-8-2-1-3-9-16/h1-3,8-9,14-15,22H,4-7,10-13,20-21H2. The van der Waals surface area contributed by atoms with Crippen LogP contribution in [0.2, 0.25) is 0 Å². The van der Waals surface area contributed by atoms with Gasteiger partial charge in [0.2, 0.25) is 0 Å². The minimum absolute atomic E-state index is 0.520. The van der Waals surface area contributed by atoms with Crippen molar-refractivity contribution in [2.24, 2.45) is 11.5 Å². The number of aryl methyl sites for hydroxylation is 1. The number of hydrogen-bond donors (Lipinski definition) is 3. The van der Waals surface area contributed by atoms with Crippen molar-refractivity contribution in [3.05, 3.63) is 59.6 Å². The quantitative estimate of drug-likeness (QED) is 0.706. The number of allylic oxidation sites excluding steroid dienone is 1. The molecule has 4 nitrogen and oxygen atoms in total. The Hall–Kier alpha value is -1.94. The fourth-order valence-electron chi connectivity index (χ4n) is 3.46. The summed E-state index contributed by atoms with van der Waals surface area (Å²) in [6, 6.07) is 10.6. The highest BCUT2D eigenvalue weighted by Gasteiger charge is 2.28. The van der Waals surface area contributed by atoms with Gasteiger partial charge in [-0.05, 0) is 50.2 Å². The first-order chi connectivity index (χ1) is 11.1. The number of likely N-dealkylation sites (tertiary alicyclic amines) is 1. The van der Waals surface area contributed by atoms with Crippen LogP contribution in [0.4, 0.5) is 0 Å². The highest BCUT2D eigenvalue weighted by molar-refractivity contribution is 5.30. The van der Waals surface area contributed by atoms with E-state index >= 15 is 0 Å². The summed E-state index contributed by atoms with van der Waals surface area (Å²) in [5.41, 5.74) is 14.3. The third-order valence-corrected chi connectivity index (χ3v) is 4.68. The van der Waals surface area contributed by atoms with Gasteiger partial charge in [0, 0.05) is 24.9 Å². The number of dihydropyridines is 1. The molecular formula is C19H28N4. The molecule has 0 aromatic heterocycles. The molecule has 2 aliphatic rings. The molecule has 1 unspecified atom stereocenters. The van der Waals surface area contributed by atoms with Gasteiger partial charge in [0.15, 0.2) is 0 Å². The van der Waals surface area contributed by atoms with Crippen molar-refractivity contribution in [1.82, 2.24) is 10.2 Å². The van der Waals surface area contributed by atoms with Crippen molar-refractivity contribution in [2.45, 2.75) is 44.2 Å². The van der Waals surface area contributed by atoms with E-state index in [1.807, 2.05) is 12.2 Å².